The smallest absolute Gasteiger partial charge is 0.243 e. The van der Waals surface area contributed by atoms with E-state index in [2.05, 4.69) is 15.9 Å². The van der Waals surface area contributed by atoms with Crippen molar-refractivity contribution in [3.8, 4) is 0 Å². The Morgan fingerprint density at radius 2 is 1.03 bits per heavy atom. The molecule has 0 heterocycles. The Labute approximate surface area is 221 Å². The summed E-state index contributed by atoms with van der Waals surface area (Å²) in [5.41, 5.74) is 2.77. The number of sulfonamides is 1. The Hall–Kier alpha value is -3.26. The Bertz CT molecular complexity index is 1320. The molecule has 0 N–H and O–H groups in total. The summed E-state index contributed by atoms with van der Waals surface area (Å²) in [6.07, 6.45) is 0. The predicted octanol–water partition coefficient (Wildman–Crippen LogP) is 5.87. The fourth-order valence-electron chi connectivity index (χ4n) is 3.86. The molecule has 0 aliphatic carbocycles. The first kappa shape index (κ1) is 25.8. The van der Waals surface area contributed by atoms with Gasteiger partial charge in [0.1, 0.15) is 0 Å². The van der Waals surface area contributed by atoms with E-state index >= 15 is 0 Å². The average Bonchev–Trinajstić information content (AvgIpc) is 2.90. The molecule has 4 aromatic carbocycles. The van der Waals surface area contributed by atoms with E-state index in [0.717, 1.165) is 21.2 Å². The van der Waals surface area contributed by atoms with Gasteiger partial charge >= 0.3 is 0 Å². The molecule has 5 nitrogen and oxygen atoms in total. The molecule has 0 atom stereocenters. The lowest BCUT2D eigenvalue weighted by atomic mass is 10.1. The number of carbonyl (C=O) groups is 1. The van der Waals surface area contributed by atoms with Crippen molar-refractivity contribution in [2.45, 2.75) is 24.5 Å². The zero-order valence-electron chi connectivity index (χ0n) is 19.7. The van der Waals surface area contributed by atoms with Gasteiger partial charge in [0.05, 0.1) is 11.4 Å². The van der Waals surface area contributed by atoms with Crippen molar-refractivity contribution in [2.75, 3.05) is 6.54 Å². The third-order valence-corrected chi connectivity index (χ3v) is 8.08. The summed E-state index contributed by atoms with van der Waals surface area (Å²) in [5.74, 6) is -0.265. The van der Waals surface area contributed by atoms with Crippen LogP contribution in [0.15, 0.2) is 125 Å². The molecule has 0 radical (unpaired) electrons. The Morgan fingerprint density at radius 1 is 0.611 bits per heavy atom. The fourth-order valence-corrected chi connectivity index (χ4v) is 5.50. The van der Waals surface area contributed by atoms with Gasteiger partial charge in [-0.05, 0) is 41.0 Å². The van der Waals surface area contributed by atoms with E-state index < -0.39 is 10.0 Å². The molecule has 184 valence electrons. The standard InChI is InChI=1S/C29H27BrN2O3S/c30-27-16-18-28(19-17-27)36(34,35)32(22-26-14-8-3-9-15-26)23-29(33)31(20-24-10-4-1-5-11-24)21-25-12-6-2-7-13-25/h1-19H,20-23H2. The van der Waals surface area contributed by atoms with Crippen LogP contribution in [-0.4, -0.2) is 30.1 Å². The summed E-state index contributed by atoms with van der Waals surface area (Å²) >= 11 is 3.36. The number of hydrogen-bond donors (Lipinski definition) is 0. The maximum absolute atomic E-state index is 13.7. The van der Waals surface area contributed by atoms with Gasteiger partial charge in [-0.2, -0.15) is 4.31 Å². The zero-order valence-corrected chi connectivity index (χ0v) is 22.1. The number of carbonyl (C=O) groups excluding carboxylic acids is 1. The fraction of sp³-hybridized carbons (Fsp3) is 0.138. The highest BCUT2D eigenvalue weighted by Crippen LogP contribution is 2.22. The van der Waals surface area contributed by atoms with Gasteiger partial charge in [-0.1, -0.05) is 107 Å². The predicted molar refractivity (Wildman–Crippen MR) is 145 cm³/mol. The molecule has 7 heteroatoms. The monoisotopic (exact) mass is 562 g/mol. The van der Waals surface area contributed by atoms with E-state index in [1.165, 1.54) is 4.31 Å². The first-order valence-electron chi connectivity index (χ1n) is 11.6. The second-order valence-electron chi connectivity index (χ2n) is 8.43. The molecule has 0 aliphatic rings. The van der Waals surface area contributed by atoms with Gasteiger partial charge in [-0.25, -0.2) is 8.42 Å². The quantitative estimate of drug-likeness (QED) is 0.243. The van der Waals surface area contributed by atoms with E-state index in [0.29, 0.717) is 13.1 Å². The van der Waals surface area contributed by atoms with Gasteiger partial charge in [0.2, 0.25) is 15.9 Å². The summed E-state index contributed by atoms with van der Waals surface area (Å²) in [6.45, 7) is 0.584. The van der Waals surface area contributed by atoms with Crippen LogP contribution in [0.25, 0.3) is 0 Å². The second kappa shape index (κ2) is 12.1. The average molecular weight is 564 g/mol. The maximum Gasteiger partial charge on any atom is 0.243 e. The summed E-state index contributed by atoms with van der Waals surface area (Å²) in [5, 5.41) is 0. The molecule has 1 amide bonds. The van der Waals surface area contributed by atoms with E-state index in [4.69, 9.17) is 0 Å². The van der Waals surface area contributed by atoms with Crippen LogP contribution in [-0.2, 0) is 34.5 Å². The highest BCUT2D eigenvalue weighted by molar-refractivity contribution is 9.10. The molecule has 36 heavy (non-hydrogen) atoms. The molecule has 4 rings (SSSR count). The van der Waals surface area contributed by atoms with E-state index in [1.54, 1.807) is 29.2 Å². The molecule has 0 aliphatic heterocycles. The van der Waals surface area contributed by atoms with E-state index in [-0.39, 0.29) is 23.9 Å². The van der Waals surface area contributed by atoms with Gasteiger partial charge in [-0.3, -0.25) is 4.79 Å². The molecule has 0 fully saturated rings. The summed E-state index contributed by atoms with van der Waals surface area (Å²) in [4.78, 5) is 15.6. The number of nitrogens with zero attached hydrogens (tertiary/aromatic N) is 2. The number of rotatable bonds is 10. The van der Waals surface area contributed by atoms with Crippen molar-refractivity contribution in [1.29, 1.82) is 0 Å². The summed E-state index contributed by atoms with van der Waals surface area (Å²) in [7, 11) is -3.93. The Kier molecular flexibility index (Phi) is 8.70. The van der Waals surface area contributed by atoms with Crippen molar-refractivity contribution in [1.82, 2.24) is 9.21 Å². The van der Waals surface area contributed by atoms with Crippen LogP contribution in [0.4, 0.5) is 0 Å². The van der Waals surface area contributed by atoms with E-state index in [9.17, 15) is 13.2 Å². The van der Waals surface area contributed by atoms with Crippen LogP contribution in [0.2, 0.25) is 0 Å². The summed E-state index contributed by atoms with van der Waals surface area (Å²) in [6, 6.07) is 35.2. The van der Waals surface area contributed by atoms with Crippen LogP contribution in [0.1, 0.15) is 16.7 Å². The Morgan fingerprint density at radius 3 is 1.47 bits per heavy atom. The van der Waals surface area contributed by atoms with Gasteiger partial charge in [0.25, 0.3) is 0 Å². The minimum absolute atomic E-state index is 0.0927. The molecule has 0 unspecified atom stereocenters. The van der Waals surface area contributed by atoms with Crippen LogP contribution < -0.4 is 0 Å². The lowest BCUT2D eigenvalue weighted by Crippen LogP contribution is -2.42. The maximum atomic E-state index is 13.7. The van der Waals surface area contributed by atoms with Gasteiger partial charge in [0.15, 0.2) is 0 Å². The zero-order chi connectivity index (χ0) is 25.4. The van der Waals surface area contributed by atoms with Crippen molar-refractivity contribution in [2.24, 2.45) is 0 Å². The van der Waals surface area contributed by atoms with Crippen LogP contribution in [0, 0.1) is 0 Å². The van der Waals surface area contributed by atoms with Crippen molar-refractivity contribution >= 4 is 31.9 Å². The Balaban J connectivity index is 1.64. The van der Waals surface area contributed by atoms with Gasteiger partial charge < -0.3 is 4.90 Å². The van der Waals surface area contributed by atoms with Crippen LogP contribution >= 0.6 is 15.9 Å². The van der Waals surface area contributed by atoms with Gasteiger partial charge in [0, 0.05) is 24.1 Å². The normalized spacial score (nSPS) is 11.4. The largest absolute Gasteiger partial charge is 0.333 e. The minimum Gasteiger partial charge on any atom is -0.333 e. The van der Waals surface area contributed by atoms with Crippen molar-refractivity contribution in [3.63, 3.8) is 0 Å². The number of halogens is 1. The van der Waals surface area contributed by atoms with E-state index in [1.807, 2.05) is 91.0 Å². The number of benzene rings is 4. The van der Waals surface area contributed by atoms with Crippen LogP contribution in [0.3, 0.4) is 0 Å². The molecule has 0 aromatic heterocycles. The first-order chi connectivity index (χ1) is 17.4. The third kappa shape index (κ3) is 6.91. The summed E-state index contributed by atoms with van der Waals surface area (Å²) < 4.78 is 29.4. The lowest BCUT2D eigenvalue weighted by Gasteiger charge is -2.28. The number of amides is 1. The lowest BCUT2D eigenvalue weighted by molar-refractivity contribution is -0.132. The second-order valence-corrected chi connectivity index (χ2v) is 11.3. The van der Waals surface area contributed by atoms with Crippen molar-refractivity contribution in [3.05, 3.63) is 136 Å². The van der Waals surface area contributed by atoms with Crippen LogP contribution in [0.5, 0.6) is 0 Å². The molecular formula is C29H27BrN2O3S. The molecule has 0 saturated carbocycles. The van der Waals surface area contributed by atoms with Gasteiger partial charge in [-0.15, -0.1) is 0 Å². The first-order valence-corrected chi connectivity index (χ1v) is 13.8. The SMILES string of the molecule is O=C(CN(Cc1ccccc1)S(=O)(=O)c1ccc(Br)cc1)N(Cc1ccccc1)Cc1ccccc1. The van der Waals surface area contributed by atoms with Crippen molar-refractivity contribution < 1.29 is 13.2 Å². The molecule has 4 aromatic rings. The number of hydrogen-bond acceptors (Lipinski definition) is 3. The highest BCUT2D eigenvalue weighted by atomic mass is 79.9. The third-order valence-electron chi connectivity index (χ3n) is 5.75. The molecular weight excluding hydrogens is 536 g/mol. The minimum atomic E-state index is -3.93. The molecule has 0 spiro atoms. The topological polar surface area (TPSA) is 57.7 Å². The molecule has 0 saturated heterocycles. The molecule has 0 bridgehead atoms. The highest BCUT2D eigenvalue weighted by Gasteiger charge is 2.29.